The van der Waals surface area contributed by atoms with Crippen molar-refractivity contribution >= 4 is 5.78 Å². The van der Waals surface area contributed by atoms with Gasteiger partial charge in [0.05, 0.1) is 0 Å². The number of aryl methyl sites for hydroxylation is 2. The standard InChI is InChI=1S/C16H19N3O/c1-19-9-8-18-16(19)5-4-15(20)13-3-2-12-6-7-17-11-14(12)10-13/h2-3,8-10,17H,4-7,11H2,1H3. The van der Waals surface area contributed by atoms with Crippen molar-refractivity contribution in [3.8, 4) is 0 Å². The molecule has 2 aromatic rings. The van der Waals surface area contributed by atoms with Crippen molar-refractivity contribution in [3.63, 3.8) is 0 Å². The highest BCUT2D eigenvalue weighted by molar-refractivity contribution is 5.96. The van der Waals surface area contributed by atoms with Gasteiger partial charge < -0.3 is 9.88 Å². The molecule has 0 saturated heterocycles. The van der Waals surface area contributed by atoms with Crippen LogP contribution in [0.15, 0.2) is 30.6 Å². The van der Waals surface area contributed by atoms with Crippen LogP contribution < -0.4 is 5.32 Å². The highest BCUT2D eigenvalue weighted by Gasteiger charge is 2.13. The summed E-state index contributed by atoms with van der Waals surface area (Å²) in [4.78, 5) is 16.5. The molecule has 0 fully saturated rings. The van der Waals surface area contributed by atoms with Crippen molar-refractivity contribution in [2.45, 2.75) is 25.8 Å². The van der Waals surface area contributed by atoms with Crippen LogP contribution in [-0.2, 0) is 26.4 Å². The third kappa shape index (κ3) is 2.65. The average molecular weight is 269 g/mol. The van der Waals surface area contributed by atoms with Crippen molar-refractivity contribution in [2.24, 2.45) is 7.05 Å². The molecule has 1 aromatic carbocycles. The number of aromatic nitrogens is 2. The lowest BCUT2D eigenvalue weighted by molar-refractivity contribution is 0.0982. The molecular weight excluding hydrogens is 250 g/mol. The fourth-order valence-corrected chi connectivity index (χ4v) is 2.66. The molecule has 1 aliphatic rings. The molecule has 0 spiro atoms. The first-order valence-corrected chi connectivity index (χ1v) is 7.06. The Balaban J connectivity index is 1.69. The van der Waals surface area contributed by atoms with Crippen LogP contribution in [0.1, 0.15) is 33.7 Å². The Morgan fingerprint density at radius 1 is 1.40 bits per heavy atom. The predicted molar refractivity (Wildman–Crippen MR) is 77.7 cm³/mol. The lowest BCUT2D eigenvalue weighted by Gasteiger charge is -2.17. The van der Waals surface area contributed by atoms with Crippen LogP contribution in [0.2, 0.25) is 0 Å². The van der Waals surface area contributed by atoms with E-state index in [4.69, 9.17) is 0 Å². The van der Waals surface area contributed by atoms with Crippen LogP contribution >= 0.6 is 0 Å². The third-order valence-corrected chi connectivity index (χ3v) is 3.91. The third-order valence-electron chi connectivity index (χ3n) is 3.91. The van der Waals surface area contributed by atoms with Crippen molar-refractivity contribution < 1.29 is 4.79 Å². The number of hydrogen-bond acceptors (Lipinski definition) is 3. The van der Waals surface area contributed by atoms with Gasteiger partial charge in [-0.05, 0) is 30.2 Å². The average Bonchev–Trinajstić information content (AvgIpc) is 2.89. The number of fused-ring (bicyclic) bond motifs is 1. The van der Waals surface area contributed by atoms with Gasteiger partial charge in [0.25, 0.3) is 0 Å². The Bertz CT molecular complexity index is 630. The molecule has 1 aliphatic heterocycles. The number of hydrogen-bond donors (Lipinski definition) is 1. The van der Waals surface area contributed by atoms with Crippen LogP contribution in [-0.4, -0.2) is 21.9 Å². The summed E-state index contributed by atoms with van der Waals surface area (Å²) in [5.41, 5.74) is 3.45. The lowest BCUT2D eigenvalue weighted by Crippen LogP contribution is -2.23. The van der Waals surface area contributed by atoms with Gasteiger partial charge in [-0.1, -0.05) is 12.1 Å². The Morgan fingerprint density at radius 3 is 3.10 bits per heavy atom. The Kier molecular flexibility index (Phi) is 3.65. The molecule has 0 atom stereocenters. The van der Waals surface area contributed by atoms with Crippen molar-refractivity contribution in [2.75, 3.05) is 6.54 Å². The number of carbonyl (C=O) groups excluding carboxylic acids is 1. The number of benzene rings is 1. The number of nitrogens with one attached hydrogen (secondary N) is 1. The van der Waals surface area contributed by atoms with Gasteiger partial charge in [0.15, 0.2) is 5.78 Å². The number of rotatable bonds is 4. The maximum Gasteiger partial charge on any atom is 0.163 e. The second kappa shape index (κ2) is 5.59. The number of imidazole rings is 1. The first kappa shape index (κ1) is 13.1. The summed E-state index contributed by atoms with van der Waals surface area (Å²) >= 11 is 0. The Hall–Kier alpha value is -1.94. The molecule has 2 heterocycles. The van der Waals surface area contributed by atoms with E-state index in [1.165, 1.54) is 11.1 Å². The molecule has 0 amide bonds. The summed E-state index contributed by atoms with van der Waals surface area (Å²) < 4.78 is 1.96. The van der Waals surface area contributed by atoms with E-state index < -0.39 is 0 Å². The summed E-state index contributed by atoms with van der Waals surface area (Å²) in [6, 6.07) is 6.11. The molecular formula is C16H19N3O. The molecule has 0 radical (unpaired) electrons. The fourth-order valence-electron chi connectivity index (χ4n) is 2.66. The zero-order valence-electron chi connectivity index (χ0n) is 11.7. The number of ketones is 1. The van der Waals surface area contributed by atoms with Gasteiger partial charge in [-0.15, -0.1) is 0 Å². The van der Waals surface area contributed by atoms with E-state index in [1.807, 2.05) is 29.9 Å². The zero-order valence-corrected chi connectivity index (χ0v) is 11.7. The van der Waals surface area contributed by atoms with Crippen molar-refractivity contribution in [1.29, 1.82) is 0 Å². The van der Waals surface area contributed by atoms with Gasteiger partial charge in [0, 0.05) is 44.4 Å². The first-order valence-electron chi connectivity index (χ1n) is 7.06. The van der Waals surface area contributed by atoms with E-state index in [1.54, 1.807) is 6.20 Å². The van der Waals surface area contributed by atoms with Crippen molar-refractivity contribution in [1.82, 2.24) is 14.9 Å². The molecule has 20 heavy (non-hydrogen) atoms. The Morgan fingerprint density at radius 2 is 2.30 bits per heavy atom. The monoisotopic (exact) mass is 269 g/mol. The molecule has 0 saturated carbocycles. The van der Waals surface area contributed by atoms with E-state index in [9.17, 15) is 4.79 Å². The SMILES string of the molecule is Cn1ccnc1CCC(=O)c1ccc2c(c1)CNCC2. The second-order valence-electron chi connectivity index (χ2n) is 5.29. The van der Waals surface area contributed by atoms with Crippen LogP contribution in [0.25, 0.3) is 0 Å². The molecule has 4 heteroatoms. The summed E-state index contributed by atoms with van der Waals surface area (Å²) in [5, 5.41) is 3.34. The lowest BCUT2D eigenvalue weighted by atomic mass is 9.96. The summed E-state index contributed by atoms with van der Waals surface area (Å²) in [7, 11) is 1.96. The summed E-state index contributed by atoms with van der Waals surface area (Å²) in [6.07, 6.45) is 5.93. The van der Waals surface area contributed by atoms with E-state index in [-0.39, 0.29) is 5.78 Å². The highest BCUT2D eigenvalue weighted by Crippen LogP contribution is 2.17. The van der Waals surface area contributed by atoms with Gasteiger partial charge in [0.2, 0.25) is 0 Å². The number of Topliss-reactive ketones (excluding diaryl/α,β-unsaturated/α-hetero) is 1. The van der Waals surface area contributed by atoms with E-state index in [0.717, 1.165) is 30.9 Å². The number of carbonyl (C=O) groups is 1. The fraction of sp³-hybridized carbons (Fsp3) is 0.375. The van der Waals surface area contributed by atoms with Gasteiger partial charge >= 0.3 is 0 Å². The molecule has 1 N–H and O–H groups in total. The maximum absolute atomic E-state index is 12.3. The van der Waals surface area contributed by atoms with Gasteiger partial charge in [-0.25, -0.2) is 4.98 Å². The minimum absolute atomic E-state index is 0.196. The predicted octanol–water partition coefficient (Wildman–Crippen LogP) is 1.88. The molecule has 3 rings (SSSR count). The van der Waals surface area contributed by atoms with Crippen molar-refractivity contribution in [3.05, 3.63) is 53.1 Å². The van der Waals surface area contributed by atoms with Gasteiger partial charge in [-0.3, -0.25) is 4.79 Å². The zero-order chi connectivity index (χ0) is 13.9. The second-order valence-corrected chi connectivity index (χ2v) is 5.29. The first-order chi connectivity index (χ1) is 9.74. The molecule has 0 bridgehead atoms. The molecule has 104 valence electrons. The molecule has 1 aromatic heterocycles. The quantitative estimate of drug-likeness (QED) is 0.862. The maximum atomic E-state index is 12.3. The van der Waals surface area contributed by atoms with Gasteiger partial charge in [0.1, 0.15) is 5.82 Å². The van der Waals surface area contributed by atoms with Crippen LogP contribution in [0.4, 0.5) is 0 Å². The molecule has 0 unspecified atom stereocenters. The van der Waals surface area contributed by atoms with Crippen LogP contribution in [0.5, 0.6) is 0 Å². The minimum Gasteiger partial charge on any atom is -0.338 e. The van der Waals surface area contributed by atoms with Crippen LogP contribution in [0.3, 0.4) is 0 Å². The van der Waals surface area contributed by atoms with Gasteiger partial charge in [-0.2, -0.15) is 0 Å². The minimum atomic E-state index is 0.196. The van der Waals surface area contributed by atoms with E-state index >= 15 is 0 Å². The van der Waals surface area contributed by atoms with E-state index in [2.05, 4.69) is 16.4 Å². The topological polar surface area (TPSA) is 46.9 Å². The van der Waals surface area contributed by atoms with E-state index in [0.29, 0.717) is 12.8 Å². The summed E-state index contributed by atoms with van der Waals surface area (Å²) in [5.74, 6) is 1.15. The van der Waals surface area contributed by atoms with Crippen LogP contribution in [0, 0.1) is 0 Å². The molecule has 4 nitrogen and oxygen atoms in total. The molecule has 0 aliphatic carbocycles. The smallest absolute Gasteiger partial charge is 0.163 e. The largest absolute Gasteiger partial charge is 0.338 e. The Labute approximate surface area is 118 Å². The summed E-state index contributed by atoms with van der Waals surface area (Å²) in [6.45, 7) is 1.90. The normalized spacial score (nSPS) is 14.1. The number of nitrogens with zero attached hydrogens (tertiary/aromatic N) is 2. The highest BCUT2D eigenvalue weighted by atomic mass is 16.1.